The second-order valence-electron chi connectivity index (χ2n) is 11.9. The van der Waals surface area contributed by atoms with Gasteiger partial charge in [0.1, 0.15) is 11.8 Å². The van der Waals surface area contributed by atoms with Gasteiger partial charge in [-0.3, -0.25) is 28.8 Å². The Hall–Kier alpha value is -3.03. The number of hydrogen-bond donors (Lipinski definition) is 5. The van der Waals surface area contributed by atoms with Crippen molar-refractivity contribution in [2.45, 2.75) is 123 Å². The zero-order chi connectivity index (χ0) is 34.5. The largest absolute Gasteiger partial charge is 0.463 e. The fourth-order valence-electron chi connectivity index (χ4n) is 4.83. The summed E-state index contributed by atoms with van der Waals surface area (Å²) in [5, 5.41) is 15.6. The van der Waals surface area contributed by atoms with Gasteiger partial charge in [-0.15, -0.1) is 0 Å². The van der Waals surface area contributed by atoms with Crippen LogP contribution in [-0.2, 0) is 38.3 Å². The van der Waals surface area contributed by atoms with Crippen molar-refractivity contribution in [3.05, 3.63) is 0 Å². The maximum atomic E-state index is 13.2. The van der Waals surface area contributed by atoms with E-state index in [0.717, 1.165) is 20.0 Å². The van der Waals surface area contributed by atoms with E-state index in [1.807, 2.05) is 6.92 Å². The summed E-state index contributed by atoms with van der Waals surface area (Å²) in [6, 6.07) is -2.27. The van der Waals surface area contributed by atoms with Crippen molar-refractivity contribution in [2.75, 3.05) is 20.2 Å². The van der Waals surface area contributed by atoms with Crippen LogP contribution in [0.2, 0.25) is 0 Å². The van der Waals surface area contributed by atoms with Crippen molar-refractivity contribution >= 4 is 40.9 Å². The molecule has 13 heteroatoms. The minimum absolute atomic E-state index is 0.0271. The van der Waals surface area contributed by atoms with E-state index in [0.29, 0.717) is 51.6 Å². The number of ether oxygens (including phenoxy) is 1. The molecule has 2 amide bonds. The number of aliphatic hydroxyl groups is 1. The lowest BCUT2D eigenvalue weighted by Gasteiger charge is -2.25. The first-order chi connectivity index (χ1) is 21.2. The molecule has 0 radical (unpaired) electrons. The van der Waals surface area contributed by atoms with E-state index in [9.17, 15) is 38.7 Å². The van der Waals surface area contributed by atoms with Crippen LogP contribution in [0, 0.1) is 17.8 Å². The zero-order valence-electron chi connectivity index (χ0n) is 27.7. The summed E-state index contributed by atoms with van der Waals surface area (Å²) in [6.45, 7) is 7.05. The number of hydrogen-bond acceptors (Lipinski definition) is 11. The van der Waals surface area contributed by atoms with Gasteiger partial charge >= 0.3 is 5.97 Å². The summed E-state index contributed by atoms with van der Waals surface area (Å²) in [5.41, 5.74) is 11.1. The number of amides is 2. The molecular formula is C32H56N4O9. The van der Waals surface area contributed by atoms with Crippen LogP contribution in [0.25, 0.3) is 0 Å². The van der Waals surface area contributed by atoms with Gasteiger partial charge in [-0.05, 0) is 58.5 Å². The zero-order valence-corrected chi connectivity index (χ0v) is 27.7. The van der Waals surface area contributed by atoms with Gasteiger partial charge in [0.2, 0.25) is 17.6 Å². The van der Waals surface area contributed by atoms with Crippen LogP contribution >= 0.6 is 0 Å². The topological polar surface area (TPSA) is 225 Å². The molecule has 258 valence electrons. The van der Waals surface area contributed by atoms with Gasteiger partial charge in [-0.2, -0.15) is 0 Å². The first-order valence-corrected chi connectivity index (χ1v) is 16.1. The highest BCUT2D eigenvalue weighted by Gasteiger charge is 2.33. The molecular weight excluding hydrogens is 584 g/mol. The normalized spacial score (nSPS) is 15.1. The molecule has 0 heterocycles. The molecule has 7 N–H and O–H groups in total. The molecule has 0 aliphatic carbocycles. The SMILES string of the molecule is CCCCC(=O)C[C@@H](CCCCN)C(=O)N[C@H](C(=O)C[C@@H](C)C(=O)N[C@@H](CCCCN)C(=O)C[C@@H](C)C(=O)C(=O)OC)[C@@H](C)O. The number of ketones is 4. The van der Waals surface area contributed by atoms with Gasteiger partial charge in [0.05, 0.1) is 19.3 Å². The molecule has 0 fully saturated rings. The highest BCUT2D eigenvalue weighted by Crippen LogP contribution is 2.18. The van der Waals surface area contributed by atoms with Crippen molar-refractivity contribution in [3.8, 4) is 0 Å². The number of aliphatic hydroxyl groups excluding tert-OH is 1. The Balaban J connectivity index is 5.55. The second-order valence-corrected chi connectivity index (χ2v) is 11.9. The van der Waals surface area contributed by atoms with E-state index in [1.54, 1.807) is 0 Å². The number of carbonyl (C=O) groups excluding carboxylic acids is 7. The van der Waals surface area contributed by atoms with Gasteiger partial charge in [-0.1, -0.05) is 33.6 Å². The van der Waals surface area contributed by atoms with Crippen molar-refractivity contribution in [3.63, 3.8) is 0 Å². The number of nitrogens with one attached hydrogen (secondary N) is 2. The average Bonchev–Trinajstić information content (AvgIpc) is 3.00. The van der Waals surface area contributed by atoms with Crippen LogP contribution in [-0.4, -0.2) is 84.4 Å². The van der Waals surface area contributed by atoms with Gasteiger partial charge in [0.25, 0.3) is 0 Å². The molecule has 0 saturated carbocycles. The number of carbonyl (C=O) groups is 7. The molecule has 0 rings (SSSR count). The van der Waals surface area contributed by atoms with Gasteiger partial charge in [-0.25, -0.2) is 4.79 Å². The van der Waals surface area contributed by atoms with Crippen molar-refractivity contribution in [1.82, 2.24) is 10.6 Å². The van der Waals surface area contributed by atoms with Crippen molar-refractivity contribution in [1.29, 1.82) is 0 Å². The molecule has 0 bridgehead atoms. The van der Waals surface area contributed by atoms with E-state index >= 15 is 0 Å². The first kappa shape index (κ1) is 42.0. The van der Waals surface area contributed by atoms with Gasteiger partial charge in [0.15, 0.2) is 11.6 Å². The third-order valence-corrected chi connectivity index (χ3v) is 7.74. The maximum absolute atomic E-state index is 13.2. The molecule has 45 heavy (non-hydrogen) atoms. The molecule has 0 aromatic heterocycles. The van der Waals surface area contributed by atoms with Crippen molar-refractivity contribution in [2.24, 2.45) is 29.2 Å². The van der Waals surface area contributed by atoms with Crippen LogP contribution < -0.4 is 22.1 Å². The monoisotopic (exact) mass is 640 g/mol. The predicted molar refractivity (Wildman–Crippen MR) is 169 cm³/mol. The van der Waals surface area contributed by atoms with Crippen LogP contribution in [0.15, 0.2) is 0 Å². The number of rotatable bonds is 26. The van der Waals surface area contributed by atoms with E-state index in [-0.39, 0.29) is 31.5 Å². The third kappa shape index (κ3) is 16.7. The molecule has 6 atom stereocenters. The fourth-order valence-corrected chi connectivity index (χ4v) is 4.83. The number of esters is 1. The Kier molecular flexibility index (Phi) is 21.8. The van der Waals surface area contributed by atoms with Gasteiger partial charge in [0, 0.05) is 43.4 Å². The standard InChI is InChI=1S/C32H56N4O9/c1-6-7-13-24(38)19-23(12-8-10-15-33)31(43)36-28(22(4)37)27(40)18-21(3)30(42)35-25(14-9-11-16-34)26(39)17-20(2)29(41)32(44)45-5/h20-23,25,28,37H,6-19,33-34H2,1-5H3,(H,35,42)(H,36,43)/t20-,21-,22-,23-,25+,28+/m1/s1. The Bertz CT molecular complexity index is 986. The third-order valence-electron chi connectivity index (χ3n) is 7.74. The molecule has 0 spiro atoms. The van der Waals surface area contributed by atoms with E-state index in [1.165, 1.54) is 20.8 Å². The minimum atomic E-state index is -1.30. The van der Waals surface area contributed by atoms with E-state index in [4.69, 9.17) is 11.5 Å². The predicted octanol–water partition coefficient (Wildman–Crippen LogP) is 1.29. The Morgan fingerprint density at radius 3 is 1.84 bits per heavy atom. The fraction of sp³-hybridized carbons (Fsp3) is 0.781. The van der Waals surface area contributed by atoms with E-state index in [2.05, 4.69) is 15.4 Å². The minimum Gasteiger partial charge on any atom is -0.463 e. The molecule has 0 saturated heterocycles. The van der Waals surface area contributed by atoms with Crippen LogP contribution in [0.3, 0.4) is 0 Å². The summed E-state index contributed by atoms with van der Waals surface area (Å²) in [7, 11) is 1.07. The lowest BCUT2D eigenvalue weighted by Crippen LogP contribution is -2.51. The summed E-state index contributed by atoms with van der Waals surface area (Å²) < 4.78 is 4.43. The van der Waals surface area contributed by atoms with Crippen LogP contribution in [0.5, 0.6) is 0 Å². The quantitative estimate of drug-likeness (QED) is 0.0514. The highest BCUT2D eigenvalue weighted by atomic mass is 16.5. The Labute approximate surface area is 267 Å². The van der Waals surface area contributed by atoms with Crippen LogP contribution in [0.4, 0.5) is 0 Å². The van der Waals surface area contributed by atoms with Crippen molar-refractivity contribution < 1.29 is 43.4 Å². The highest BCUT2D eigenvalue weighted by molar-refractivity contribution is 6.34. The lowest BCUT2D eigenvalue weighted by molar-refractivity contribution is -0.153. The molecule has 0 aliphatic rings. The number of unbranched alkanes of at least 4 members (excludes halogenated alkanes) is 3. The molecule has 0 aromatic carbocycles. The van der Waals surface area contributed by atoms with Gasteiger partial charge < -0.3 is 31.9 Å². The molecule has 0 unspecified atom stereocenters. The molecule has 0 aromatic rings. The van der Waals surface area contributed by atoms with Crippen LogP contribution in [0.1, 0.15) is 105 Å². The summed E-state index contributed by atoms with van der Waals surface area (Å²) in [5.74, 6) is -6.66. The lowest BCUT2D eigenvalue weighted by atomic mass is 9.91. The summed E-state index contributed by atoms with van der Waals surface area (Å²) in [6.07, 6.45) is 3.12. The number of methoxy groups -OCH3 is 1. The van der Waals surface area contributed by atoms with E-state index < -0.39 is 71.1 Å². The number of nitrogens with two attached hydrogens (primary N) is 2. The Morgan fingerprint density at radius 2 is 1.31 bits per heavy atom. The smallest absolute Gasteiger partial charge is 0.374 e. The molecule has 13 nitrogen and oxygen atoms in total. The molecule has 0 aliphatic heterocycles. The maximum Gasteiger partial charge on any atom is 0.374 e. The summed E-state index contributed by atoms with van der Waals surface area (Å²) in [4.78, 5) is 88.7. The Morgan fingerprint density at radius 1 is 0.733 bits per heavy atom. The first-order valence-electron chi connectivity index (χ1n) is 16.1. The number of Topliss-reactive ketones (excluding diaryl/α,β-unsaturated/α-hetero) is 4. The average molecular weight is 641 g/mol. The summed E-state index contributed by atoms with van der Waals surface area (Å²) >= 11 is 0. The second kappa shape index (κ2) is 23.3.